The van der Waals surface area contributed by atoms with Crippen LogP contribution in [0, 0.1) is 0 Å². The van der Waals surface area contributed by atoms with Crippen molar-refractivity contribution in [3.8, 4) is 17.1 Å². The lowest BCUT2D eigenvalue weighted by molar-refractivity contribution is -0.120. The average molecular weight is 175 g/mol. The van der Waals surface area contributed by atoms with Gasteiger partial charge in [0.05, 0.1) is 0 Å². The minimum atomic E-state index is 0.366. The third kappa shape index (κ3) is 1.44. The number of hydrogen-bond acceptors (Lipinski definition) is 5. The number of fused-ring (bicyclic) bond motifs is 1. The molecule has 0 amide bonds. The van der Waals surface area contributed by atoms with E-state index in [9.17, 15) is 4.79 Å². The number of carbonyl (C=O) groups is 1. The molecule has 0 spiro atoms. The van der Waals surface area contributed by atoms with Crippen molar-refractivity contribution in [2.75, 3.05) is 0 Å². The van der Waals surface area contributed by atoms with Crippen LogP contribution < -0.4 is 4.74 Å². The van der Waals surface area contributed by atoms with Crippen LogP contribution in [0.15, 0.2) is 24.3 Å². The van der Waals surface area contributed by atoms with Gasteiger partial charge in [-0.2, -0.15) is 0 Å². The fraction of sp³-hybridized carbons (Fsp3) is 0. The Bertz CT molecular complexity index is 405. The second kappa shape index (κ2) is 3.14. The molecular formula is C8H5N3O2. The van der Waals surface area contributed by atoms with Gasteiger partial charge in [-0.3, -0.25) is 4.79 Å². The largest absolute Gasteiger partial charge is 0.429 e. The molecule has 1 heterocycles. The Labute approximate surface area is 73.7 Å². The van der Waals surface area contributed by atoms with Crippen molar-refractivity contribution in [3.05, 3.63) is 24.3 Å². The van der Waals surface area contributed by atoms with Gasteiger partial charge < -0.3 is 4.74 Å². The summed E-state index contributed by atoms with van der Waals surface area (Å²) >= 11 is 0. The number of carbonyl (C=O) groups excluding carboxylic acids is 1. The number of hydrogen-bond donors (Lipinski definition) is 0. The first-order valence-electron chi connectivity index (χ1n) is 3.59. The summed E-state index contributed by atoms with van der Waals surface area (Å²) in [4.78, 5) is 10.1. The highest BCUT2D eigenvalue weighted by atomic mass is 16.5. The molecule has 0 fully saturated rings. The molecule has 2 aliphatic rings. The molecule has 64 valence electrons. The van der Waals surface area contributed by atoms with Crippen LogP contribution >= 0.6 is 0 Å². The molecule has 2 rings (SSSR count). The van der Waals surface area contributed by atoms with Crippen LogP contribution in [-0.4, -0.2) is 21.9 Å². The molecule has 0 saturated carbocycles. The van der Waals surface area contributed by atoms with Crippen molar-refractivity contribution in [1.82, 2.24) is 15.4 Å². The van der Waals surface area contributed by atoms with Crippen LogP contribution in [0.5, 0.6) is 5.75 Å². The lowest BCUT2D eigenvalue weighted by Gasteiger charge is -1.90. The fourth-order valence-electron chi connectivity index (χ4n) is 0.989. The average Bonchev–Trinajstić information content (AvgIpc) is 2.46. The van der Waals surface area contributed by atoms with Gasteiger partial charge in [0, 0.05) is 6.07 Å². The van der Waals surface area contributed by atoms with Gasteiger partial charge in [-0.15, -0.1) is 10.2 Å². The highest BCUT2D eigenvalue weighted by Gasteiger charge is 2.05. The van der Waals surface area contributed by atoms with Crippen LogP contribution in [0.25, 0.3) is 11.4 Å². The zero-order valence-electron chi connectivity index (χ0n) is 6.54. The van der Waals surface area contributed by atoms with E-state index in [0.717, 1.165) is 0 Å². The van der Waals surface area contributed by atoms with E-state index in [0.29, 0.717) is 23.6 Å². The zero-order valence-corrected chi connectivity index (χ0v) is 6.54. The van der Waals surface area contributed by atoms with E-state index in [2.05, 4.69) is 20.1 Å². The Morgan fingerprint density at radius 3 is 2.92 bits per heavy atom. The van der Waals surface area contributed by atoms with Crippen molar-refractivity contribution in [2.45, 2.75) is 0 Å². The van der Waals surface area contributed by atoms with Gasteiger partial charge in [0.25, 0.3) is 6.47 Å². The third-order valence-electron chi connectivity index (χ3n) is 1.55. The van der Waals surface area contributed by atoms with Crippen LogP contribution in [0.1, 0.15) is 0 Å². The topological polar surface area (TPSA) is 65.0 Å². The molecule has 0 saturated heterocycles. The molecule has 0 unspecified atom stereocenters. The van der Waals surface area contributed by atoms with Crippen molar-refractivity contribution < 1.29 is 9.53 Å². The van der Waals surface area contributed by atoms with E-state index in [-0.39, 0.29) is 0 Å². The van der Waals surface area contributed by atoms with Gasteiger partial charge in [-0.1, -0.05) is 6.07 Å². The molecular weight excluding hydrogens is 170 g/mol. The quantitative estimate of drug-likeness (QED) is 0.622. The van der Waals surface area contributed by atoms with Gasteiger partial charge in [0.15, 0.2) is 0 Å². The van der Waals surface area contributed by atoms with Gasteiger partial charge >= 0.3 is 0 Å². The Hall–Kier alpha value is -2.04. The summed E-state index contributed by atoms with van der Waals surface area (Å²) in [7, 11) is 0. The van der Waals surface area contributed by atoms with E-state index in [1.54, 1.807) is 24.3 Å². The van der Waals surface area contributed by atoms with E-state index < -0.39 is 0 Å². The minimum Gasteiger partial charge on any atom is -0.429 e. The fourth-order valence-corrected chi connectivity index (χ4v) is 0.989. The summed E-state index contributed by atoms with van der Waals surface area (Å²) < 4.78 is 4.67. The van der Waals surface area contributed by atoms with Crippen molar-refractivity contribution >= 4 is 6.47 Å². The van der Waals surface area contributed by atoms with Crippen molar-refractivity contribution in [2.24, 2.45) is 0 Å². The van der Waals surface area contributed by atoms with Crippen LogP contribution in [0.3, 0.4) is 0 Å². The first kappa shape index (κ1) is 7.60. The molecule has 0 aromatic heterocycles. The predicted molar refractivity (Wildman–Crippen MR) is 43.1 cm³/mol. The Balaban J connectivity index is 2.51. The molecule has 0 aromatic rings. The van der Waals surface area contributed by atoms with Gasteiger partial charge in [-0.25, -0.2) is 0 Å². The minimum absolute atomic E-state index is 0.366. The lowest BCUT2D eigenvalue weighted by atomic mass is 10.3. The molecule has 0 aromatic carbocycles. The molecule has 0 atom stereocenters. The molecule has 1 aliphatic carbocycles. The lowest BCUT2D eigenvalue weighted by Crippen LogP contribution is -1.86. The summed E-state index contributed by atoms with van der Waals surface area (Å²) in [5.74, 6) is 0.423. The summed E-state index contributed by atoms with van der Waals surface area (Å²) in [5, 5.41) is 11.0. The van der Waals surface area contributed by atoms with Gasteiger partial charge in [-0.05, 0) is 17.3 Å². The predicted octanol–water partition coefficient (Wildman–Crippen LogP) is 0.512. The zero-order chi connectivity index (χ0) is 9.10. The molecule has 1 aliphatic heterocycles. The maximum absolute atomic E-state index is 10.1. The van der Waals surface area contributed by atoms with Crippen molar-refractivity contribution in [1.29, 1.82) is 0 Å². The van der Waals surface area contributed by atoms with Crippen LogP contribution in [-0.2, 0) is 4.79 Å². The molecule has 5 nitrogen and oxygen atoms in total. The number of ether oxygens (including phenoxy) is 1. The standard InChI is InChI=1S/C8H5N3O2/c12-5-13-6-2-1-3-7-8(4-6)10-11-9-7/h1-5H. The smallest absolute Gasteiger partial charge is 0.298 e. The van der Waals surface area contributed by atoms with Gasteiger partial charge in [0.2, 0.25) is 0 Å². The highest BCUT2D eigenvalue weighted by molar-refractivity contribution is 5.57. The molecule has 0 radical (unpaired) electrons. The van der Waals surface area contributed by atoms with Crippen LogP contribution in [0.4, 0.5) is 0 Å². The third-order valence-corrected chi connectivity index (χ3v) is 1.55. The Morgan fingerprint density at radius 2 is 2.08 bits per heavy atom. The SMILES string of the molecule is O=COc1cccc2nnnc-2c1. The van der Waals surface area contributed by atoms with E-state index in [1.165, 1.54) is 0 Å². The molecule has 0 N–H and O–H groups in total. The number of nitrogens with zero attached hydrogens (tertiary/aromatic N) is 3. The Morgan fingerprint density at radius 1 is 1.23 bits per heavy atom. The summed E-state index contributed by atoms with van der Waals surface area (Å²) in [6, 6.07) is 6.71. The first-order chi connectivity index (χ1) is 6.40. The second-order valence-corrected chi connectivity index (χ2v) is 2.35. The van der Waals surface area contributed by atoms with Crippen molar-refractivity contribution in [3.63, 3.8) is 0 Å². The maximum Gasteiger partial charge on any atom is 0.298 e. The first-order valence-corrected chi connectivity index (χ1v) is 3.59. The summed E-state index contributed by atoms with van der Waals surface area (Å²) in [6.45, 7) is 0.366. The molecule has 13 heavy (non-hydrogen) atoms. The molecule has 5 heteroatoms. The van der Waals surface area contributed by atoms with E-state index >= 15 is 0 Å². The van der Waals surface area contributed by atoms with E-state index in [1.807, 2.05) is 0 Å². The second-order valence-electron chi connectivity index (χ2n) is 2.35. The van der Waals surface area contributed by atoms with E-state index in [4.69, 9.17) is 0 Å². The summed E-state index contributed by atoms with van der Waals surface area (Å²) in [5.41, 5.74) is 1.27. The Kier molecular flexibility index (Phi) is 1.84. The summed E-state index contributed by atoms with van der Waals surface area (Å²) in [6.07, 6.45) is 0. The number of aromatic nitrogens is 3. The highest BCUT2D eigenvalue weighted by Crippen LogP contribution is 2.19. The van der Waals surface area contributed by atoms with Gasteiger partial charge in [0.1, 0.15) is 17.1 Å². The van der Waals surface area contributed by atoms with Crippen LogP contribution in [0.2, 0.25) is 0 Å². The monoisotopic (exact) mass is 175 g/mol. The molecule has 0 bridgehead atoms. The maximum atomic E-state index is 10.1. The number of rotatable bonds is 2. The normalized spacial score (nSPS) is 9.85.